The highest BCUT2D eigenvalue weighted by atomic mass is 35.5. The minimum Gasteiger partial charge on any atom is -0.461 e. The van der Waals surface area contributed by atoms with Crippen molar-refractivity contribution >= 4 is 23.4 Å². The van der Waals surface area contributed by atoms with Gasteiger partial charge in [0.15, 0.2) is 5.78 Å². The van der Waals surface area contributed by atoms with Gasteiger partial charge in [0.25, 0.3) is 0 Å². The molecule has 1 N–H and O–H groups in total. The van der Waals surface area contributed by atoms with Crippen LogP contribution < -0.4 is 0 Å². The van der Waals surface area contributed by atoms with Crippen LogP contribution >= 0.6 is 11.6 Å². The number of Topliss-reactive ketones (excluding diaryl/α,β-unsaturated/α-hetero) is 1. The molecule has 1 aliphatic heterocycles. The number of ether oxygens (including phenoxy) is 2. The third-order valence-electron chi connectivity index (χ3n) is 4.87. The molecule has 0 radical (unpaired) electrons. The molecule has 0 fully saturated rings. The molecule has 0 saturated carbocycles. The summed E-state index contributed by atoms with van der Waals surface area (Å²) in [4.78, 5) is 25.2. The molecule has 1 unspecified atom stereocenters. The highest BCUT2D eigenvalue weighted by Gasteiger charge is 2.52. The van der Waals surface area contributed by atoms with Crippen LogP contribution in [0.5, 0.6) is 0 Å². The fraction of sp³-hybridized carbons (Fsp3) is 0.500. The number of benzene rings is 1. The van der Waals surface area contributed by atoms with Crippen molar-refractivity contribution in [2.45, 2.75) is 51.7 Å². The molecule has 0 bridgehead atoms. The first-order chi connectivity index (χ1) is 12.1. The lowest BCUT2D eigenvalue weighted by molar-refractivity contribution is -0.225. The van der Waals surface area contributed by atoms with Crippen LogP contribution in [0.2, 0.25) is 5.02 Å². The first-order valence-electron chi connectivity index (χ1n) is 8.75. The van der Waals surface area contributed by atoms with Crippen LogP contribution in [-0.2, 0) is 19.1 Å². The van der Waals surface area contributed by atoms with Crippen molar-refractivity contribution in [3.8, 4) is 0 Å². The molecule has 6 heteroatoms. The molecule has 2 aliphatic rings. The van der Waals surface area contributed by atoms with Gasteiger partial charge in [-0.25, -0.2) is 4.79 Å². The zero-order valence-corrected chi connectivity index (χ0v) is 15.9. The lowest BCUT2D eigenvalue weighted by Crippen LogP contribution is -2.49. The van der Waals surface area contributed by atoms with Crippen LogP contribution in [0.3, 0.4) is 0 Å². The minimum atomic E-state index is -2.10. The van der Waals surface area contributed by atoms with Gasteiger partial charge < -0.3 is 14.6 Å². The van der Waals surface area contributed by atoms with Crippen molar-refractivity contribution in [2.24, 2.45) is 5.41 Å². The Labute approximate surface area is 157 Å². The van der Waals surface area contributed by atoms with E-state index in [9.17, 15) is 14.7 Å². The minimum absolute atomic E-state index is 0.0119. The van der Waals surface area contributed by atoms with Crippen LogP contribution in [0.25, 0.3) is 0 Å². The van der Waals surface area contributed by atoms with Gasteiger partial charge in [0, 0.05) is 35.8 Å². The number of halogens is 1. The average molecular weight is 379 g/mol. The third kappa shape index (κ3) is 3.51. The number of rotatable bonds is 3. The van der Waals surface area contributed by atoms with E-state index in [1.54, 1.807) is 19.1 Å². The molecule has 1 aromatic carbocycles. The van der Waals surface area contributed by atoms with Crippen LogP contribution in [0.4, 0.5) is 0 Å². The Balaban J connectivity index is 2.09. The molecular formula is C20H23ClO5. The summed E-state index contributed by atoms with van der Waals surface area (Å²) >= 11 is 5.97. The maximum atomic E-state index is 12.8. The number of carbonyl (C=O) groups is 2. The molecule has 0 spiro atoms. The first kappa shape index (κ1) is 18.9. The van der Waals surface area contributed by atoms with E-state index < -0.39 is 17.7 Å². The molecule has 140 valence electrons. The van der Waals surface area contributed by atoms with E-state index in [2.05, 4.69) is 0 Å². The van der Waals surface area contributed by atoms with Crippen LogP contribution in [0.1, 0.15) is 51.5 Å². The molecular weight excluding hydrogens is 356 g/mol. The SMILES string of the molecule is CCOC(=O)C1(O)C[C@@H](c2ccc(Cl)cc2)C2=C(CC(C)(C)CC2=O)O1. The molecule has 1 aliphatic carbocycles. The van der Waals surface area contributed by atoms with E-state index in [-0.39, 0.29) is 24.2 Å². The van der Waals surface area contributed by atoms with E-state index in [0.717, 1.165) is 5.56 Å². The Hall–Kier alpha value is -1.85. The zero-order chi connectivity index (χ0) is 19.1. The standard InChI is InChI=1S/C20H23ClO5/c1-4-25-18(23)20(24)9-14(12-5-7-13(21)8-6-12)17-15(22)10-19(2,3)11-16(17)26-20/h5-8,14,24H,4,9-11H2,1-3H3/t14-,20?/m0/s1. The van der Waals surface area contributed by atoms with Gasteiger partial charge in [-0.05, 0) is 30.0 Å². The van der Waals surface area contributed by atoms with Gasteiger partial charge in [0.2, 0.25) is 0 Å². The van der Waals surface area contributed by atoms with Crippen LogP contribution in [0.15, 0.2) is 35.6 Å². The maximum absolute atomic E-state index is 12.8. The van der Waals surface area contributed by atoms with Crippen LogP contribution in [-0.4, -0.2) is 29.3 Å². The summed E-state index contributed by atoms with van der Waals surface area (Å²) in [7, 11) is 0. The number of aliphatic hydroxyl groups is 1. The lowest BCUT2D eigenvalue weighted by atomic mass is 9.70. The van der Waals surface area contributed by atoms with Crippen molar-refractivity contribution < 1.29 is 24.2 Å². The van der Waals surface area contributed by atoms with E-state index in [1.807, 2.05) is 26.0 Å². The maximum Gasteiger partial charge on any atom is 0.379 e. The number of hydrogen-bond donors (Lipinski definition) is 1. The lowest BCUT2D eigenvalue weighted by Gasteiger charge is -2.42. The Morgan fingerprint density at radius 3 is 2.58 bits per heavy atom. The van der Waals surface area contributed by atoms with Gasteiger partial charge in [-0.2, -0.15) is 0 Å². The molecule has 0 saturated heterocycles. The van der Waals surface area contributed by atoms with Crippen LogP contribution in [0, 0.1) is 5.41 Å². The second-order valence-electron chi connectivity index (χ2n) is 7.69. The molecule has 26 heavy (non-hydrogen) atoms. The molecule has 3 rings (SSSR count). The molecule has 1 heterocycles. The summed E-state index contributed by atoms with van der Waals surface area (Å²) in [6, 6.07) is 7.07. The Morgan fingerprint density at radius 1 is 1.31 bits per heavy atom. The fourth-order valence-corrected chi connectivity index (χ4v) is 3.86. The van der Waals surface area contributed by atoms with E-state index in [1.165, 1.54) is 0 Å². The molecule has 5 nitrogen and oxygen atoms in total. The largest absolute Gasteiger partial charge is 0.461 e. The van der Waals surface area contributed by atoms with E-state index in [4.69, 9.17) is 21.1 Å². The summed E-state index contributed by atoms with van der Waals surface area (Å²) in [5.41, 5.74) is 1.05. The van der Waals surface area contributed by atoms with Gasteiger partial charge in [-0.15, -0.1) is 0 Å². The van der Waals surface area contributed by atoms with Crippen molar-refractivity contribution in [2.75, 3.05) is 6.61 Å². The molecule has 0 amide bonds. The van der Waals surface area contributed by atoms with Crippen molar-refractivity contribution in [3.63, 3.8) is 0 Å². The summed E-state index contributed by atoms with van der Waals surface area (Å²) in [6.07, 6.45) is 0.801. The zero-order valence-electron chi connectivity index (χ0n) is 15.2. The van der Waals surface area contributed by atoms with Gasteiger partial charge in [0.1, 0.15) is 5.76 Å². The highest BCUT2D eigenvalue weighted by Crippen LogP contribution is 2.49. The third-order valence-corrected chi connectivity index (χ3v) is 5.12. The van der Waals surface area contributed by atoms with Crippen molar-refractivity contribution in [1.82, 2.24) is 0 Å². The van der Waals surface area contributed by atoms with E-state index in [0.29, 0.717) is 29.2 Å². The molecule has 1 aromatic rings. The number of ketones is 1. The monoisotopic (exact) mass is 378 g/mol. The second-order valence-corrected chi connectivity index (χ2v) is 8.13. The Kier molecular flexibility index (Phi) is 4.88. The summed E-state index contributed by atoms with van der Waals surface area (Å²) < 4.78 is 10.7. The van der Waals surface area contributed by atoms with E-state index >= 15 is 0 Å². The Bertz CT molecular complexity index is 765. The summed E-state index contributed by atoms with van der Waals surface area (Å²) in [5.74, 6) is -3.02. The van der Waals surface area contributed by atoms with Gasteiger partial charge in [-0.1, -0.05) is 37.6 Å². The average Bonchev–Trinajstić information content (AvgIpc) is 2.53. The topological polar surface area (TPSA) is 72.8 Å². The second kappa shape index (κ2) is 6.71. The molecule has 0 aromatic heterocycles. The van der Waals surface area contributed by atoms with Crippen molar-refractivity contribution in [3.05, 3.63) is 46.2 Å². The fourth-order valence-electron chi connectivity index (χ4n) is 3.73. The predicted molar refractivity (Wildman–Crippen MR) is 96.5 cm³/mol. The van der Waals surface area contributed by atoms with Crippen molar-refractivity contribution in [1.29, 1.82) is 0 Å². The predicted octanol–water partition coefficient (Wildman–Crippen LogP) is 3.74. The number of allylic oxidation sites excluding steroid dienone is 2. The Morgan fingerprint density at radius 2 is 1.96 bits per heavy atom. The number of esters is 1. The highest BCUT2D eigenvalue weighted by molar-refractivity contribution is 6.30. The van der Waals surface area contributed by atoms with Gasteiger partial charge >= 0.3 is 11.8 Å². The summed E-state index contributed by atoms with van der Waals surface area (Å²) in [6.45, 7) is 5.73. The molecule has 2 atom stereocenters. The number of carbonyl (C=O) groups excluding carboxylic acids is 2. The first-order valence-corrected chi connectivity index (χ1v) is 9.13. The quantitative estimate of drug-likeness (QED) is 0.811. The number of hydrogen-bond acceptors (Lipinski definition) is 5. The normalized spacial score (nSPS) is 27.6. The van der Waals surface area contributed by atoms with Gasteiger partial charge in [-0.3, -0.25) is 4.79 Å². The smallest absolute Gasteiger partial charge is 0.379 e. The van der Waals surface area contributed by atoms with Gasteiger partial charge in [0.05, 0.1) is 6.61 Å². The summed E-state index contributed by atoms with van der Waals surface area (Å²) in [5, 5.41) is 11.5.